The molecule has 11 heteroatoms. The SMILES string of the molecule is FC(F)(F)c1cccc(-c2nnn(Cc3nnn[n-]3)n2)c1. The van der Waals surface area contributed by atoms with Crippen molar-refractivity contribution in [2.45, 2.75) is 12.7 Å². The Kier molecular flexibility index (Phi) is 3.08. The summed E-state index contributed by atoms with van der Waals surface area (Å²) in [4.78, 5) is 1.15. The summed E-state index contributed by atoms with van der Waals surface area (Å²) in [6.07, 6.45) is -4.42. The van der Waals surface area contributed by atoms with E-state index in [4.69, 9.17) is 0 Å². The van der Waals surface area contributed by atoms with Crippen LogP contribution in [0.2, 0.25) is 0 Å². The number of alkyl halides is 3. The van der Waals surface area contributed by atoms with Crippen LogP contribution in [0.25, 0.3) is 11.4 Å². The summed E-state index contributed by atoms with van der Waals surface area (Å²) < 4.78 is 37.9. The first kappa shape index (κ1) is 13.1. The van der Waals surface area contributed by atoms with Crippen LogP contribution in [0.5, 0.6) is 0 Å². The first-order chi connectivity index (χ1) is 10.0. The second-order valence-electron chi connectivity index (χ2n) is 4.02. The van der Waals surface area contributed by atoms with Gasteiger partial charge >= 0.3 is 6.18 Å². The summed E-state index contributed by atoms with van der Waals surface area (Å²) in [5.74, 6) is 0.358. The Morgan fingerprint density at radius 3 is 2.76 bits per heavy atom. The third kappa shape index (κ3) is 2.85. The molecule has 0 atom stereocenters. The van der Waals surface area contributed by atoms with Crippen LogP contribution in [0.4, 0.5) is 13.2 Å². The van der Waals surface area contributed by atoms with Crippen LogP contribution in [0.3, 0.4) is 0 Å². The van der Waals surface area contributed by atoms with Gasteiger partial charge in [-0.1, -0.05) is 12.1 Å². The van der Waals surface area contributed by atoms with E-state index in [9.17, 15) is 13.2 Å². The standard InChI is InChI=1S/C10H6F3N8/c11-10(12,13)7-3-1-2-6(4-7)9-16-20-21(17-9)5-8-14-18-19-15-8/h1-4H,5H2/q-1. The van der Waals surface area contributed by atoms with Crippen molar-refractivity contribution >= 4 is 0 Å². The van der Waals surface area contributed by atoms with E-state index in [0.717, 1.165) is 16.9 Å². The summed E-state index contributed by atoms with van der Waals surface area (Å²) in [5, 5.41) is 25.2. The van der Waals surface area contributed by atoms with Gasteiger partial charge in [0, 0.05) is 11.4 Å². The van der Waals surface area contributed by atoms with Gasteiger partial charge in [-0.15, -0.1) is 10.2 Å². The van der Waals surface area contributed by atoms with Gasteiger partial charge in [-0.2, -0.15) is 23.2 Å². The number of rotatable bonds is 3. The molecular weight excluding hydrogens is 289 g/mol. The molecule has 2 heterocycles. The van der Waals surface area contributed by atoms with Crippen LogP contribution >= 0.6 is 0 Å². The third-order valence-corrected chi connectivity index (χ3v) is 2.54. The molecule has 0 spiro atoms. The molecule has 0 aliphatic carbocycles. The van der Waals surface area contributed by atoms with Crippen LogP contribution in [0.15, 0.2) is 24.3 Å². The highest BCUT2D eigenvalue weighted by atomic mass is 19.4. The lowest BCUT2D eigenvalue weighted by Crippen LogP contribution is -2.06. The largest absolute Gasteiger partial charge is 0.416 e. The Morgan fingerprint density at radius 2 is 2.05 bits per heavy atom. The zero-order valence-electron chi connectivity index (χ0n) is 10.2. The molecule has 3 rings (SSSR count). The number of hydrogen-bond acceptors (Lipinski definition) is 6. The van der Waals surface area contributed by atoms with Crippen molar-refractivity contribution in [2.75, 3.05) is 0 Å². The van der Waals surface area contributed by atoms with E-state index >= 15 is 0 Å². The molecule has 0 unspecified atom stereocenters. The molecule has 2 aromatic heterocycles. The Hall–Kier alpha value is -2.85. The molecule has 108 valence electrons. The summed E-state index contributed by atoms with van der Waals surface area (Å²) >= 11 is 0. The minimum absolute atomic E-state index is 0.0774. The maximum atomic E-state index is 12.6. The zero-order valence-corrected chi connectivity index (χ0v) is 10.2. The van der Waals surface area contributed by atoms with Crippen molar-refractivity contribution in [3.63, 3.8) is 0 Å². The molecule has 0 N–H and O–H groups in total. The highest BCUT2D eigenvalue weighted by Crippen LogP contribution is 2.31. The van der Waals surface area contributed by atoms with Gasteiger partial charge in [-0.05, 0) is 17.3 Å². The molecular formula is C10H6F3N8-. The summed E-state index contributed by atoms with van der Waals surface area (Å²) in [7, 11) is 0. The molecule has 21 heavy (non-hydrogen) atoms. The average molecular weight is 295 g/mol. The van der Waals surface area contributed by atoms with E-state index in [1.807, 2.05) is 0 Å². The van der Waals surface area contributed by atoms with Crippen LogP contribution in [0.1, 0.15) is 11.4 Å². The fourth-order valence-corrected chi connectivity index (χ4v) is 1.61. The Morgan fingerprint density at radius 1 is 1.19 bits per heavy atom. The van der Waals surface area contributed by atoms with E-state index in [1.165, 1.54) is 12.1 Å². The van der Waals surface area contributed by atoms with Gasteiger partial charge in [0.15, 0.2) is 0 Å². The van der Waals surface area contributed by atoms with Gasteiger partial charge < -0.3 is 5.10 Å². The lowest BCUT2D eigenvalue weighted by molar-refractivity contribution is -0.137. The van der Waals surface area contributed by atoms with Crippen molar-refractivity contribution < 1.29 is 13.2 Å². The number of nitrogens with zero attached hydrogens (tertiary/aromatic N) is 8. The highest BCUT2D eigenvalue weighted by Gasteiger charge is 2.30. The van der Waals surface area contributed by atoms with Crippen molar-refractivity contribution in [2.24, 2.45) is 0 Å². The number of halogens is 3. The van der Waals surface area contributed by atoms with Gasteiger partial charge in [-0.25, -0.2) is 0 Å². The van der Waals surface area contributed by atoms with Crippen molar-refractivity contribution in [1.82, 2.24) is 40.8 Å². The number of aromatic nitrogens is 8. The van der Waals surface area contributed by atoms with Crippen LogP contribution < -0.4 is 5.10 Å². The fraction of sp³-hybridized carbons (Fsp3) is 0.200. The van der Waals surface area contributed by atoms with Crippen LogP contribution in [0, 0.1) is 0 Å². The predicted molar refractivity (Wildman–Crippen MR) is 60.5 cm³/mol. The maximum absolute atomic E-state index is 12.6. The highest BCUT2D eigenvalue weighted by molar-refractivity contribution is 5.55. The van der Waals surface area contributed by atoms with Crippen molar-refractivity contribution in [3.8, 4) is 11.4 Å². The summed E-state index contributed by atoms with van der Waals surface area (Å²) in [6.45, 7) is 0.0823. The number of tetrazole rings is 2. The van der Waals surface area contributed by atoms with Crippen LogP contribution in [-0.4, -0.2) is 35.7 Å². The molecule has 0 amide bonds. The van der Waals surface area contributed by atoms with E-state index in [-0.39, 0.29) is 23.8 Å². The minimum atomic E-state index is -4.42. The molecule has 0 bridgehead atoms. The van der Waals surface area contributed by atoms with E-state index in [2.05, 4.69) is 36.0 Å². The van der Waals surface area contributed by atoms with E-state index < -0.39 is 11.7 Å². The second kappa shape index (κ2) is 4.92. The molecule has 0 radical (unpaired) electrons. The second-order valence-corrected chi connectivity index (χ2v) is 4.02. The quantitative estimate of drug-likeness (QED) is 0.696. The Labute approximate surface area is 115 Å². The number of benzene rings is 1. The van der Waals surface area contributed by atoms with Gasteiger partial charge in [0.05, 0.1) is 12.1 Å². The molecule has 0 saturated carbocycles. The van der Waals surface area contributed by atoms with Gasteiger partial charge in [0.2, 0.25) is 5.82 Å². The first-order valence-corrected chi connectivity index (χ1v) is 5.65. The van der Waals surface area contributed by atoms with Gasteiger partial charge in [0.1, 0.15) is 0 Å². The van der Waals surface area contributed by atoms with Gasteiger partial charge in [0.25, 0.3) is 0 Å². The van der Waals surface area contributed by atoms with Crippen molar-refractivity contribution in [1.29, 1.82) is 0 Å². The summed E-state index contributed by atoms with van der Waals surface area (Å²) in [6, 6.07) is 4.69. The third-order valence-electron chi connectivity index (χ3n) is 2.54. The molecule has 0 aliphatic rings. The van der Waals surface area contributed by atoms with Crippen LogP contribution in [-0.2, 0) is 12.7 Å². The van der Waals surface area contributed by atoms with E-state index in [0.29, 0.717) is 0 Å². The van der Waals surface area contributed by atoms with Gasteiger partial charge in [-0.3, -0.25) is 10.3 Å². The van der Waals surface area contributed by atoms with E-state index in [1.54, 1.807) is 0 Å². The Bertz CT molecular complexity index is 733. The Balaban J connectivity index is 1.86. The fourth-order valence-electron chi connectivity index (χ4n) is 1.61. The monoisotopic (exact) mass is 295 g/mol. The zero-order chi connectivity index (χ0) is 14.9. The molecule has 8 nitrogen and oxygen atoms in total. The molecule has 0 fully saturated rings. The van der Waals surface area contributed by atoms with Crippen molar-refractivity contribution in [3.05, 3.63) is 35.7 Å². The normalized spacial score (nSPS) is 11.8. The number of hydrogen-bond donors (Lipinski definition) is 0. The molecule has 0 saturated heterocycles. The maximum Gasteiger partial charge on any atom is 0.416 e. The predicted octanol–water partition coefficient (Wildman–Crippen LogP) is 0.549. The molecule has 1 aromatic carbocycles. The lowest BCUT2D eigenvalue weighted by Gasteiger charge is -2.06. The molecule has 3 aromatic rings. The first-order valence-electron chi connectivity index (χ1n) is 5.65. The minimum Gasteiger partial charge on any atom is -0.333 e. The smallest absolute Gasteiger partial charge is 0.333 e. The summed E-state index contributed by atoms with van der Waals surface area (Å²) in [5.41, 5.74) is -0.556. The topological polar surface area (TPSA) is 96.4 Å². The molecule has 0 aliphatic heterocycles. The lowest BCUT2D eigenvalue weighted by atomic mass is 10.1. The average Bonchev–Trinajstić information content (AvgIpc) is 3.10.